The molecule has 32 heavy (non-hydrogen) atoms. The van der Waals surface area contributed by atoms with Crippen LogP contribution in [0.15, 0.2) is 70.5 Å². The summed E-state index contributed by atoms with van der Waals surface area (Å²) in [7, 11) is 0. The molecule has 7 heteroatoms. The number of rotatable bonds is 6. The summed E-state index contributed by atoms with van der Waals surface area (Å²) < 4.78 is 0. The number of carboxylic acid groups (broad SMARTS) is 1. The molecule has 0 atom stereocenters. The van der Waals surface area contributed by atoms with Gasteiger partial charge in [0.2, 0.25) is 0 Å². The molecule has 0 radical (unpaired) electrons. The maximum absolute atomic E-state index is 11.1. The van der Waals surface area contributed by atoms with Crippen molar-refractivity contribution < 1.29 is 15.0 Å². The van der Waals surface area contributed by atoms with Crippen LogP contribution in [0.5, 0.6) is 5.75 Å². The lowest BCUT2D eigenvalue weighted by atomic mass is 9.84. The second kappa shape index (κ2) is 8.67. The summed E-state index contributed by atoms with van der Waals surface area (Å²) in [5.74, 6) is -0.753. The SMILES string of the molecule is CC(C)(C)c1cc(CCC(=O)O)cc(-n2nc3cccc(Sc4ccccc4)c3n2)c1O. The van der Waals surface area contributed by atoms with Crippen LogP contribution in [-0.4, -0.2) is 31.2 Å². The molecule has 1 aromatic heterocycles. The van der Waals surface area contributed by atoms with E-state index < -0.39 is 5.97 Å². The first-order valence-corrected chi connectivity index (χ1v) is 11.2. The molecule has 0 saturated heterocycles. The van der Waals surface area contributed by atoms with Gasteiger partial charge in [0.1, 0.15) is 22.5 Å². The van der Waals surface area contributed by atoms with Crippen molar-refractivity contribution in [1.82, 2.24) is 15.0 Å². The standard InChI is InChI=1S/C25H25N3O3S/c1-25(2,3)18-14-16(12-13-22(29)30)15-20(24(18)31)28-26-19-10-7-11-21(23(19)27-28)32-17-8-5-4-6-9-17/h4-11,14-15,31H,12-13H2,1-3H3,(H,29,30). The Bertz CT molecular complexity index is 1280. The second-order valence-electron chi connectivity index (χ2n) is 8.68. The lowest BCUT2D eigenvalue weighted by Gasteiger charge is -2.23. The molecular weight excluding hydrogens is 422 g/mol. The number of aliphatic carboxylic acids is 1. The molecule has 0 amide bonds. The molecule has 1 heterocycles. The van der Waals surface area contributed by atoms with Crippen molar-refractivity contribution in [3.05, 3.63) is 71.8 Å². The van der Waals surface area contributed by atoms with Gasteiger partial charge in [-0.2, -0.15) is 0 Å². The molecule has 0 aliphatic rings. The van der Waals surface area contributed by atoms with Gasteiger partial charge in [0.15, 0.2) is 0 Å². The summed E-state index contributed by atoms with van der Waals surface area (Å²) in [5, 5.41) is 29.5. The molecule has 0 bridgehead atoms. The smallest absolute Gasteiger partial charge is 0.303 e. The van der Waals surface area contributed by atoms with Gasteiger partial charge in [-0.05, 0) is 47.7 Å². The molecule has 0 saturated carbocycles. The van der Waals surface area contributed by atoms with Crippen LogP contribution in [0.25, 0.3) is 16.7 Å². The average molecular weight is 448 g/mol. The quantitative estimate of drug-likeness (QED) is 0.400. The van der Waals surface area contributed by atoms with Gasteiger partial charge in [-0.15, -0.1) is 15.0 Å². The molecule has 4 rings (SSSR count). The largest absolute Gasteiger partial charge is 0.505 e. The third-order valence-electron chi connectivity index (χ3n) is 5.15. The molecule has 164 valence electrons. The van der Waals surface area contributed by atoms with E-state index in [-0.39, 0.29) is 17.6 Å². The van der Waals surface area contributed by atoms with E-state index in [1.807, 2.05) is 75.4 Å². The number of phenols is 1. The highest BCUT2D eigenvalue weighted by atomic mass is 32.2. The first-order valence-electron chi connectivity index (χ1n) is 10.4. The van der Waals surface area contributed by atoms with E-state index in [2.05, 4.69) is 5.10 Å². The van der Waals surface area contributed by atoms with Crippen molar-refractivity contribution in [1.29, 1.82) is 0 Å². The molecule has 0 aliphatic carbocycles. The van der Waals surface area contributed by atoms with Crippen LogP contribution in [0, 0.1) is 0 Å². The number of fused-ring (bicyclic) bond motifs is 1. The number of carbonyl (C=O) groups is 1. The Morgan fingerprint density at radius 3 is 2.47 bits per heavy atom. The second-order valence-corrected chi connectivity index (χ2v) is 9.80. The van der Waals surface area contributed by atoms with Crippen molar-refractivity contribution in [2.45, 2.75) is 48.8 Å². The van der Waals surface area contributed by atoms with Crippen LogP contribution >= 0.6 is 11.8 Å². The Morgan fingerprint density at radius 2 is 1.78 bits per heavy atom. The highest BCUT2D eigenvalue weighted by Gasteiger charge is 2.23. The van der Waals surface area contributed by atoms with Crippen molar-refractivity contribution in [2.75, 3.05) is 0 Å². The number of aromatic nitrogens is 3. The number of benzene rings is 3. The zero-order valence-corrected chi connectivity index (χ0v) is 19.1. The number of hydrogen-bond acceptors (Lipinski definition) is 5. The molecule has 0 fully saturated rings. The van der Waals surface area contributed by atoms with Gasteiger partial charge in [0.25, 0.3) is 0 Å². The van der Waals surface area contributed by atoms with E-state index in [1.54, 1.807) is 17.8 Å². The first-order chi connectivity index (χ1) is 15.2. The van der Waals surface area contributed by atoms with Crippen LogP contribution in [-0.2, 0) is 16.6 Å². The minimum absolute atomic E-state index is 0.0141. The number of carboxylic acids is 1. The van der Waals surface area contributed by atoms with Gasteiger partial charge >= 0.3 is 5.97 Å². The Labute approximate surface area is 190 Å². The molecule has 3 aromatic carbocycles. The van der Waals surface area contributed by atoms with Crippen LogP contribution in [0.1, 0.15) is 38.3 Å². The predicted octanol–water partition coefficient (Wildman–Crippen LogP) is 5.59. The summed E-state index contributed by atoms with van der Waals surface area (Å²) in [4.78, 5) is 14.6. The van der Waals surface area contributed by atoms with Crippen LogP contribution in [0.3, 0.4) is 0 Å². The Hall–Kier alpha value is -3.32. The van der Waals surface area contributed by atoms with E-state index in [0.717, 1.165) is 32.0 Å². The van der Waals surface area contributed by atoms with Gasteiger partial charge in [-0.3, -0.25) is 4.79 Å². The maximum atomic E-state index is 11.1. The molecular formula is C25H25N3O3S. The van der Waals surface area contributed by atoms with Gasteiger partial charge in [-0.1, -0.05) is 62.9 Å². The van der Waals surface area contributed by atoms with Crippen molar-refractivity contribution in [2.24, 2.45) is 0 Å². The highest BCUT2D eigenvalue weighted by molar-refractivity contribution is 7.99. The van der Waals surface area contributed by atoms with E-state index >= 15 is 0 Å². The highest BCUT2D eigenvalue weighted by Crippen LogP contribution is 2.37. The van der Waals surface area contributed by atoms with Gasteiger partial charge < -0.3 is 10.2 Å². The molecule has 0 unspecified atom stereocenters. The van der Waals surface area contributed by atoms with Crippen LogP contribution in [0.2, 0.25) is 0 Å². The Balaban J connectivity index is 1.81. The van der Waals surface area contributed by atoms with E-state index in [0.29, 0.717) is 12.1 Å². The van der Waals surface area contributed by atoms with Crippen LogP contribution < -0.4 is 0 Å². The fraction of sp³-hybridized carbons (Fsp3) is 0.240. The fourth-order valence-electron chi connectivity index (χ4n) is 3.51. The monoisotopic (exact) mass is 447 g/mol. The molecule has 4 aromatic rings. The average Bonchev–Trinajstić information content (AvgIpc) is 3.18. The minimum Gasteiger partial charge on any atom is -0.505 e. The summed E-state index contributed by atoms with van der Waals surface area (Å²) in [6.07, 6.45) is 0.377. The lowest BCUT2D eigenvalue weighted by molar-refractivity contribution is -0.136. The van der Waals surface area contributed by atoms with Crippen molar-refractivity contribution >= 4 is 28.8 Å². The zero-order valence-electron chi connectivity index (χ0n) is 18.2. The number of hydrogen-bond donors (Lipinski definition) is 2. The van der Waals surface area contributed by atoms with Crippen molar-refractivity contribution in [3.63, 3.8) is 0 Å². The first kappa shape index (κ1) is 21.9. The summed E-state index contributed by atoms with van der Waals surface area (Å²) in [5.41, 5.74) is 3.14. The van der Waals surface area contributed by atoms with Gasteiger partial charge in [0.05, 0.1) is 0 Å². The van der Waals surface area contributed by atoms with Crippen molar-refractivity contribution in [3.8, 4) is 11.4 Å². The van der Waals surface area contributed by atoms with Gasteiger partial charge in [-0.25, -0.2) is 0 Å². The number of nitrogens with zero attached hydrogens (tertiary/aromatic N) is 3. The number of aromatic hydroxyl groups is 1. The molecule has 2 N–H and O–H groups in total. The normalized spacial score (nSPS) is 11.7. The Kier molecular flexibility index (Phi) is 5.93. The van der Waals surface area contributed by atoms with E-state index in [4.69, 9.17) is 10.2 Å². The third-order valence-corrected chi connectivity index (χ3v) is 6.20. The molecule has 6 nitrogen and oxygen atoms in total. The maximum Gasteiger partial charge on any atom is 0.303 e. The summed E-state index contributed by atoms with van der Waals surface area (Å²) >= 11 is 1.61. The lowest BCUT2D eigenvalue weighted by Crippen LogP contribution is -2.14. The summed E-state index contributed by atoms with van der Waals surface area (Å²) in [6, 6.07) is 19.5. The van der Waals surface area contributed by atoms with E-state index in [1.165, 1.54) is 4.80 Å². The molecule has 0 aliphatic heterocycles. The van der Waals surface area contributed by atoms with Gasteiger partial charge in [0, 0.05) is 21.8 Å². The Morgan fingerprint density at radius 1 is 1.03 bits per heavy atom. The number of phenolic OH excluding ortho intramolecular Hbond substituents is 1. The minimum atomic E-state index is -0.859. The topological polar surface area (TPSA) is 88.2 Å². The van der Waals surface area contributed by atoms with E-state index in [9.17, 15) is 9.90 Å². The fourth-order valence-corrected chi connectivity index (χ4v) is 4.45. The predicted molar refractivity (Wildman–Crippen MR) is 126 cm³/mol. The van der Waals surface area contributed by atoms with Crippen LogP contribution in [0.4, 0.5) is 0 Å². The summed E-state index contributed by atoms with van der Waals surface area (Å²) in [6.45, 7) is 6.03. The molecule has 0 spiro atoms. The zero-order chi connectivity index (χ0) is 22.9. The third kappa shape index (κ3) is 4.62. The number of aryl methyl sites for hydroxylation is 1.